The number of aromatic nitrogens is 2. The number of nitrogens with zero attached hydrogens (tertiary/aromatic N) is 3. The van der Waals surface area contributed by atoms with Gasteiger partial charge in [-0.05, 0) is 58.5 Å². The van der Waals surface area contributed by atoms with Gasteiger partial charge in [0.05, 0.1) is 16.4 Å². The summed E-state index contributed by atoms with van der Waals surface area (Å²) >= 11 is 6.44. The van der Waals surface area contributed by atoms with Crippen LogP contribution >= 0.6 is 11.6 Å². The maximum atomic E-state index is 6.44. The van der Waals surface area contributed by atoms with E-state index >= 15 is 0 Å². The average Bonchev–Trinajstić information content (AvgIpc) is 3.28. The van der Waals surface area contributed by atoms with E-state index in [1.165, 1.54) is 51.0 Å². The number of halogens is 1. The van der Waals surface area contributed by atoms with Gasteiger partial charge in [0.25, 0.3) is 0 Å². The van der Waals surface area contributed by atoms with E-state index < -0.39 is 0 Å². The Bertz CT molecular complexity index is 481. The molecule has 0 bridgehead atoms. The highest BCUT2D eigenvalue weighted by Crippen LogP contribution is 2.25. The molecule has 1 aromatic rings. The van der Waals surface area contributed by atoms with Gasteiger partial charge >= 0.3 is 0 Å². The second-order valence-corrected chi connectivity index (χ2v) is 6.97. The van der Waals surface area contributed by atoms with Crippen molar-refractivity contribution in [3.05, 3.63) is 16.4 Å². The molecule has 1 saturated carbocycles. The summed E-state index contributed by atoms with van der Waals surface area (Å²) in [6, 6.07) is 0.819. The number of hydrogen-bond donors (Lipinski definition) is 1. The second kappa shape index (κ2) is 6.67. The Morgan fingerprint density at radius 2 is 2.14 bits per heavy atom. The van der Waals surface area contributed by atoms with Crippen LogP contribution in [0, 0.1) is 12.8 Å². The Morgan fingerprint density at radius 3 is 2.86 bits per heavy atom. The van der Waals surface area contributed by atoms with Gasteiger partial charge in [0, 0.05) is 25.7 Å². The van der Waals surface area contributed by atoms with Crippen LogP contribution in [0.5, 0.6) is 0 Å². The molecule has 21 heavy (non-hydrogen) atoms. The Morgan fingerprint density at radius 1 is 1.33 bits per heavy atom. The number of aryl methyl sites for hydroxylation is 2. The molecule has 2 heterocycles. The van der Waals surface area contributed by atoms with Crippen molar-refractivity contribution in [2.45, 2.75) is 58.7 Å². The van der Waals surface area contributed by atoms with Gasteiger partial charge in [-0.15, -0.1) is 0 Å². The SMILES string of the molecule is CCn1nc(C)c(Cl)c1CN1CCCC(CNC2CC2)C1. The summed E-state index contributed by atoms with van der Waals surface area (Å²) in [5, 5.41) is 9.06. The molecule has 0 radical (unpaired) electrons. The third-order valence-electron chi connectivity index (χ3n) is 4.70. The van der Waals surface area contributed by atoms with Crippen molar-refractivity contribution < 1.29 is 0 Å². The van der Waals surface area contributed by atoms with E-state index in [0.717, 1.165) is 35.8 Å². The average molecular weight is 311 g/mol. The minimum Gasteiger partial charge on any atom is -0.314 e. The van der Waals surface area contributed by atoms with E-state index in [9.17, 15) is 0 Å². The van der Waals surface area contributed by atoms with Crippen LogP contribution in [0.2, 0.25) is 5.02 Å². The summed E-state index contributed by atoms with van der Waals surface area (Å²) in [5.74, 6) is 0.789. The predicted molar refractivity (Wildman–Crippen MR) is 86.7 cm³/mol. The first-order valence-corrected chi connectivity index (χ1v) is 8.72. The lowest BCUT2D eigenvalue weighted by molar-refractivity contribution is 0.161. The lowest BCUT2D eigenvalue weighted by atomic mass is 9.98. The van der Waals surface area contributed by atoms with Gasteiger partial charge < -0.3 is 5.32 Å². The Kier molecular flexibility index (Phi) is 4.87. The smallest absolute Gasteiger partial charge is 0.0860 e. The molecule has 4 nitrogen and oxygen atoms in total. The van der Waals surface area contributed by atoms with Gasteiger partial charge in [-0.1, -0.05) is 11.6 Å². The molecule has 1 aliphatic heterocycles. The fraction of sp³-hybridized carbons (Fsp3) is 0.812. The van der Waals surface area contributed by atoms with Crippen LogP contribution in [0.1, 0.15) is 44.0 Å². The number of nitrogens with one attached hydrogen (secondary N) is 1. The van der Waals surface area contributed by atoms with Gasteiger partial charge in [0.2, 0.25) is 0 Å². The minimum atomic E-state index is 0.789. The zero-order chi connectivity index (χ0) is 14.8. The molecule has 1 saturated heterocycles. The molecule has 1 N–H and O–H groups in total. The number of piperidine rings is 1. The summed E-state index contributed by atoms with van der Waals surface area (Å²) < 4.78 is 2.06. The van der Waals surface area contributed by atoms with Gasteiger partial charge in [-0.2, -0.15) is 5.10 Å². The van der Waals surface area contributed by atoms with Crippen molar-refractivity contribution >= 4 is 11.6 Å². The topological polar surface area (TPSA) is 33.1 Å². The maximum absolute atomic E-state index is 6.44. The summed E-state index contributed by atoms with van der Waals surface area (Å²) in [7, 11) is 0. The van der Waals surface area contributed by atoms with Crippen LogP contribution in [-0.2, 0) is 13.1 Å². The largest absolute Gasteiger partial charge is 0.314 e. The molecule has 3 rings (SSSR count). The maximum Gasteiger partial charge on any atom is 0.0860 e. The van der Waals surface area contributed by atoms with Gasteiger partial charge in [-0.25, -0.2) is 0 Å². The summed E-state index contributed by atoms with van der Waals surface area (Å²) in [4.78, 5) is 2.55. The lowest BCUT2D eigenvalue weighted by Gasteiger charge is -2.33. The van der Waals surface area contributed by atoms with Gasteiger partial charge in [0.15, 0.2) is 0 Å². The molecular formula is C16H27ClN4. The van der Waals surface area contributed by atoms with Crippen molar-refractivity contribution in [2.24, 2.45) is 5.92 Å². The molecule has 118 valence electrons. The molecule has 0 spiro atoms. The first kappa shape index (κ1) is 15.3. The Hall–Kier alpha value is -0.580. The molecule has 1 unspecified atom stereocenters. The lowest BCUT2D eigenvalue weighted by Crippen LogP contribution is -2.40. The number of hydrogen-bond acceptors (Lipinski definition) is 3. The molecule has 0 aromatic carbocycles. The fourth-order valence-corrected chi connectivity index (χ4v) is 3.51. The Balaban J connectivity index is 1.58. The van der Waals surface area contributed by atoms with E-state index in [1.54, 1.807) is 0 Å². The van der Waals surface area contributed by atoms with Crippen molar-refractivity contribution in [2.75, 3.05) is 19.6 Å². The predicted octanol–water partition coefficient (Wildman–Crippen LogP) is 2.83. The van der Waals surface area contributed by atoms with Crippen LogP contribution in [-0.4, -0.2) is 40.4 Å². The zero-order valence-corrected chi connectivity index (χ0v) is 14.0. The van der Waals surface area contributed by atoms with Crippen LogP contribution in [0.15, 0.2) is 0 Å². The molecule has 5 heteroatoms. The highest BCUT2D eigenvalue weighted by Gasteiger charge is 2.25. The highest BCUT2D eigenvalue weighted by molar-refractivity contribution is 6.31. The molecule has 2 fully saturated rings. The molecule has 1 atom stereocenters. The summed E-state index contributed by atoms with van der Waals surface area (Å²) in [5.41, 5.74) is 2.14. The van der Waals surface area contributed by atoms with Crippen LogP contribution in [0.4, 0.5) is 0 Å². The summed E-state index contributed by atoms with van der Waals surface area (Å²) in [6.07, 6.45) is 5.41. The molecular weight excluding hydrogens is 284 g/mol. The van der Waals surface area contributed by atoms with E-state index in [2.05, 4.69) is 26.9 Å². The van der Waals surface area contributed by atoms with E-state index in [-0.39, 0.29) is 0 Å². The van der Waals surface area contributed by atoms with Crippen LogP contribution in [0.3, 0.4) is 0 Å². The molecule has 0 amide bonds. The van der Waals surface area contributed by atoms with E-state index in [1.807, 2.05) is 6.92 Å². The minimum absolute atomic E-state index is 0.789. The highest BCUT2D eigenvalue weighted by atomic mass is 35.5. The zero-order valence-electron chi connectivity index (χ0n) is 13.2. The molecule has 1 aliphatic carbocycles. The quantitative estimate of drug-likeness (QED) is 0.877. The van der Waals surface area contributed by atoms with Gasteiger partial charge in [0.1, 0.15) is 0 Å². The third-order valence-corrected chi connectivity index (χ3v) is 5.19. The first-order valence-electron chi connectivity index (χ1n) is 8.35. The monoisotopic (exact) mass is 310 g/mol. The first-order chi connectivity index (χ1) is 10.2. The van der Waals surface area contributed by atoms with Crippen molar-refractivity contribution in [3.8, 4) is 0 Å². The van der Waals surface area contributed by atoms with Crippen molar-refractivity contribution in [3.63, 3.8) is 0 Å². The van der Waals surface area contributed by atoms with Crippen molar-refractivity contribution in [1.82, 2.24) is 20.0 Å². The number of rotatable bonds is 6. The normalized spacial score (nSPS) is 23.7. The van der Waals surface area contributed by atoms with Crippen LogP contribution < -0.4 is 5.32 Å². The van der Waals surface area contributed by atoms with Crippen molar-refractivity contribution in [1.29, 1.82) is 0 Å². The molecule has 1 aromatic heterocycles. The second-order valence-electron chi connectivity index (χ2n) is 6.59. The van der Waals surface area contributed by atoms with Gasteiger partial charge in [-0.3, -0.25) is 9.58 Å². The van der Waals surface area contributed by atoms with Crippen LogP contribution in [0.25, 0.3) is 0 Å². The standard InChI is InChI=1S/C16H27ClN4/c1-3-21-15(16(17)12(2)19-21)11-20-8-4-5-13(10-20)9-18-14-6-7-14/h13-14,18H,3-11H2,1-2H3. The third kappa shape index (κ3) is 3.79. The van der Waals surface area contributed by atoms with E-state index in [4.69, 9.17) is 11.6 Å². The summed E-state index contributed by atoms with van der Waals surface area (Å²) in [6.45, 7) is 9.51. The number of likely N-dealkylation sites (tertiary alicyclic amines) is 1. The fourth-order valence-electron chi connectivity index (χ4n) is 3.31. The molecule has 2 aliphatic rings. The Labute approximate surface area is 132 Å². The van der Waals surface area contributed by atoms with E-state index in [0.29, 0.717) is 0 Å².